The normalized spacial score (nSPS) is 11.4. The SMILES string of the molecule is CCN(c1ccc(NS(=O)(=O)c2c(C)n[nH]c2C)nc1)c1cccc(C)c1. The number of nitrogens with zero attached hydrogens (tertiary/aromatic N) is 3. The summed E-state index contributed by atoms with van der Waals surface area (Å²) in [5.74, 6) is 0.263. The van der Waals surface area contributed by atoms with E-state index in [0.29, 0.717) is 11.4 Å². The van der Waals surface area contributed by atoms with Crippen LogP contribution in [0.1, 0.15) is 23.9 Å². The van der Waals surface area contributed by atoms with Crippen molar-refractivity contribution in [2.45, 2.75) is 32.6 Å². The van der Waals surface area contributed by atoms with Gasteiger partial charge in [-0.3, -0.25) is 9.82 Å². The van der Waals surface area contributed by atoms with Gasteiger partial charge in [0.2, 0.25) is 0 Å². The van der Waals surface area contributed by atoms with E-state index in [-0.39, 0.29) is 10.7 Å². The molecule has 3 aromatic rings. The molecule has 0 radical (unpaired) electrons. The highest BCUT2D eigenvalue weighted by Gasteiger charge is 2.22. The average Bonchev–Trinajstić information content (AvgIpc) is 2.96. The summed E-state index contributed by atoms with van der Waals surface area (Å²) in [6.45, 7) is 8.20. The molecule has 8 heteroatoms. The highest BCUT2D eigenvalue weighted by atomic mass is 32.2. The Morgan fingerprint density at radius 2 is 1.89 bits per heavy atom. The summed E-state index contributed by atoms with van der Waals surface area (Å²) in [7, 11) is -3.75. The molecule has 0 spiro atoms. The third kappa shape index (κ3) is 3.95. The van der Waals surface area contributed by atoms with E-state index >= 15 is 0 Å². The van der Waals surface area contributed by atoms with E-state index in [1.807, 2.05) is 31.2 Å². The molecule has 0 saturated carbocycles. The van der Waals surface area contributed by atoms with Crippen molar-refractivity contribution in [1.29, 1.82) is 0 Å². The number of pyridine rings is 1. The van der Waals surface area contributed by atoms with E-state index in [4.69, 9.17) is 0 Å². The van der Waals surface area contributed by atoms with Gasteiger partial charge in [-0.25, -0.2) is 13.4 Å². The Labute approximate surface area is 159 Å². The molecule has 0 aliphatic heterocycles. The first kappa shape index (κ1) is 18.9. The highest BCUT2D eigenvalue weighted by molar-refractivity contribution is 7.92. The van der Waals surface area contributed by atoms with Crippen LogP contribution in [0.15, 0.2) is 47.5 Å². The van der Waals surface area contributed by atoms with Crippen LogP contribution in [-0.2, 0) is 10.0 Å². The maximum absolute atomic E-state index is 12.6. The number of hydrogen-bond acceptors (Lipinski definition) is 5. The van der Waals surface area contributed by atoms with E-state index in [2.05, 4.69) is 37.8 Å². The predicted octanol–water partition coefficient (Wildman–Crippen LogP) is 3.69. The van der Waals surface area contributed by atoms with Crippen LogP contribution in [0.4, 0.5) is 17.2 Å². The van der Waals surface area contributed by atoms with Crippen molar-refractivity contribution < 1.29 is 8.42 Å². The lowest BCUT2D eigenvalue weighted by Crippen LogP contribution is -2.18. The summed E-state index contributed by atoms with van der Waals surface area (Å²) in [5.41, 5.74) is 4.05. The molecule has 7 nitrogen and oxygen atoms in total. The summed E-state index contributed by atoms with van der Waals surface area (Å²) in [6.07, 6.45) is 1.67. The molecule has 0 saturated heterocycles. The van der Waals surface area contributed by atoms with Crippen molar-refractivity contribution >= 4 is 27.2 Å². The maximum atomic E-state index is 12.6. The lowest BCUT2D eigenvalue weighted by atomic mass is 10.2. The Bertz CT molecular complexity index is 1020. The number of anilines is 3. The first-order chi connectivity index (χ1) is 12.8. The summed E-state index contributed by atoms with van der Waals surface area (Å²) >= 11 is 0. The average molecular weight is 385 g/mol. The van der Waals surface area contributed by atoms with Crippen molar-refractivity contribution in [3.8, 4) is 0 Å². The molecule has 0 fully saturated rings. The third-order valence-electron chi connectivity index (χ3n) is 4.26. The molecule has 0 unspecified atom stereocenters. The first-order valence-corrected chi connectivity index (χ1v) is 10.1. The van der Waals surface area contributed by atoms with E-state index in [9.17, 15) is 8.42 Å². The number of aryl methyl sites for hydroxylation is 3. The standard InChI is InChI=1S/C19H23N5O2S/c1-5-24(16-8-6-7-13(2)11-16)17-9-10-18(20-12-17)23-27(25,26)19-14(3)21-22-15(19)4/h6-12H,5H2,1-4H3,(H,20,23)(H,21,22). The van der Waals surface area contributed by atoms with Crippen LogP contribution in [0.5, 0.6) is 0 Å². The zero-order valence-corrected chi connectivity index (χ0v) is 16.6. The fourth-order valence-electron chi connectivity index (χ4n) is 3.04. The lowest BCUT2D eigenvalue weighted by molar-refractivity contribution is 0.600. The molecular formula is C19H23N5O2S. The molecule has 142 valence electrons. The number of rotatable bonds is 6. The van der Waals surface area contributed by atoms with Gasteiger partial charge in [0.15, 0.2) is 0 Å². The molecule has 0 atom stereocenters. The van der Waals surface area contributed by atoms with Crippen LogP contribution >= 0.6 is 0 Å². The number of nitrogens with one attached hydrogen (secondary N) is 2. The number of sulfonamides is 1. The van der Waals surface area contributed by atoms with Gasteiger partial charge in [-0.15, -0.1) is 0 Å². The van der Waals surface area contributed by atoms with Crippen molar-refractivity contribution in [1.82, 2.24) is 15.2 Å². The Hall–Kier alpha value is -2.87. The van der Waals surface area contributed by atoms with Gasteiger partial charge >= 0.3 is 0 Å². The molecule has 0 amide bonds. The molecule has 2 N–H and O–H groups in total. The van der Waals surface area contributed by atoms with Gasteiger partial charge in [-0.2, -0.15) is 5.10 Å². The van der Waals surface area contributed by atoms with Crippen LogP contribution in [0.2, 0.25) is 0 Å². The van der Waals surface area contributed by atoms with E-state index in [1.54, 1.807) is 26.1 Å². The quantitative estimate of drug-likeness (QED) is 0.675. The van der Waals surface area contributed by atoms with Crippen LogP contribution < -0.4 is 9.62 Å². The molecule has 2 aromatic heterocycles. The number of H-pyrrole nitrogens is 1. The third-order valence-corrected chi connectivity index (χ3v) is 5.87. The second-order valence-corrected chi connectivity index (χ2v) is 7.97. The molecule has 3 rings (SSSR count). The van der Waals surface area contributed by atoms with Crippen LogP contribution in [0.3, 0.4) is 0 Å². The topological polar surface area (TPSA) is 91.0 Å². The van der Waals surface area contributed by atoms with Crippen LogP contribution in [0, 0.1) is 20.8 Å². The summed E-state index contributed by atoms with van der Waals surface area (Å²) in [5, 5.41) is 6.63. The minimum atomic E-state index is -3.75. The van der Waals surface area contributed by atoms with Gasteiger partial charge in [0.05, 0.1) is 23.3 Å². The molecular weight excluding hydrogens is 362 g/mol. The second kappa shape index (κ2) is 7.40. The number of hydrogen-bond donors (Lipinski definition) is 2. The van der Waals surface area contributed by atoms with Gasteiger partial charge in [0.25, 0.3) is 10.0 Å². The van der Waals surface area contributed by atoms with Crippen molar-refractivity contribution in [2.75, 3.05) is 16.2 Å². The zero-order chi connectivity index (χ0) is 19.6. The number of aromatic amines is 1. The predicted molar refractivity (Wildman–Crippen MR) is 107 cm³/mol. The molecule has 0 aliphatic carbocycles. The van der Waals surface area contributed by atoms with Crippen LogP contribution in [-0.4, -0.2) is 30.1 Å². The van der Waals surface area contributed by atoms with Crippen LogP contribution in [0.25, 0.3) is 0 Å². The van der Waals surface area contributed by atoms with Gasteiger partial charge in [-0.1, -0.05) is 12.1 Å². The van der Waals surface area contributed by atoms with Crippen molar-refractivity contribution in [3.05, 3.63) is 59.5 Å². The fraction of sp³-hybridized carbons (Fsp3) is 0.263. The minimum Gasteiger partial charge on any atom is -0.341 e. The Morgan fingerprint density at radius 1 is 1.11 bits per heavy atom. The molecule has 0 aliphatic rings. The Morgan fingerprint density at radius 3 is 2.44 bits per heavy atom. The van der Waals surface area contributed by atoms with Crippen molar-refractivity contribution in [3.63, 3.8) is 0 Å². The van der Waals surface area contributed by atoms with Gasteiger partial charge in [-0.05, 0) is 57.5 Å². The smallest absolute Gasteiger partial charge is 0.266 e. The second-order valence-electron chi connectivity index (χ2n) is 6.35. The lowest BCUT2D eigenvalue weighted by Gasteiger charge is -2.23. The first-order valence-electron chi connectivity index (χ1n) is 8.66. The Balaban J connectivity index is 1.85. The summed E-state index contributed by atoms with van der Waals surface area (Å²) in [4.78, 5) is 6.56. The largest absolute Gasteiger partial charge is 0.341 e. The molecule has 2 heterocycles. The fourth-order valence-corrected chi connectivity index (χ4v) is 4.42. The zero-order valence-electron chi connectivity index (χ0n) is 15.8. The van der Waals surface area contributed by atoms with E-state index in [1.165, 1.54) is 5.56 Å². The monoisotopic (exact) mass is 385 g/mol. The Kier molecular flexibility index (Phi) is 5.18. The van der Waals surface area contributed by atoms with E-state index < -0.39 is 10.0 Å². The van der Waals surface area contributed by atoms with E-state index in [0.717, 1.165) is 17.9 Å². The number of aromatic nitrogens is 3. The molecule has 1 aromatic carbocycles. The van der Waals surface area contributed by atoms with Crippen molar-refractivity contribution in [2.24, 2.45) is 0 Å². The van der Waals surface area contributed by atoms with Gasteiger partial charge < -0.3 is 4.90 Å². The molecule has 27 heavy (non-hydrogen) atoms. The molecule has 0 bridgehead atoms. The number of benzene rings is 1. The van der Waals surface area contributed by atoms with Gasteiger partial charge in [0, 0.05) is 12.2 Å². The highest BCUT2D eigenvalue weighted by Crippen LogP contribution is 2.26. The summed E-state index contributed by atoms with van der Waals surface area (Å²) < 4.78 is 27.8. The van der Waals surface area contributed by atoms with Gasteiger partial charge in [0.1, 0.15) is 10.7 Å². The summed E-state index contributed by atoms with van der Waals surface area (Å²) in [6, 6.07) is 11.7. The maximum Gasteiger partial charge on any atom is 0.266 e. The minimum absolute atomic E-state index is 0.156.